The topological polar surface area (TPSA) is 83.8 Å². The number of alkyl halides is 3. The fourth-order valence-electron chi connectivity index (χ4n) is 2.86. The minimum absolute atomic E-state index is 0.207. The molecule has 2 aromatic carbocycles. The van der Waals surface area contributed by atoms with Crippen LogP contribution in [0.15, 0.2) is 48.5 Å². The Morgan fingerprint density at radius 2 is 1.79 bits per heavy atom. The maximum atomic E-state index is 12.9. The number of hydrogen-bond acceptors (Lipinski definition) is 3. The number of H-pyrrole nitrogens is 1. The number of halogens is 3. The van der Waals surface area contributed by atoms with E-state index in [2.05, 4.69) is 15.3 Å². The SMILES string of the molecule is CC(N)C(C)C(=O)NC(c1ccccc1)c1ccc2nc(C(F)(F)F)[nH]c2c1. The molecule has 3 rings (SSSR count). The quantitative estimate of drug-likeness (QED) is 0.620. The maximum absolute atomic E-state index is 12.9. The van der Waals surface area contributed by atoms with Crippen molar-refractivity contribution in [3.8, 4) is 0 Å². The molecule has 0 aliphatic rings. The summed E-state index contributed by atoms with van der Waals surface area (Å²) in [5.41, 5.74) is 7.73. The lowest BCUT2D eigenvalue weighted by Crippen LogP contribution is -2.40. The second-order valence-corrected chi connectivity index (χ2v) is 6.86. The molecular weight excluding hydrogens is 369 g/mol. The summed E-state index contributed by atoms with van der Waals surface area (Å²) in [4.78, 5) is 18.5. The smallest absolute Gasteiger partial charge is 0.345 e. The molecule has 8 heteroatoms. The van der Waals surface area contributed by atoms with Crippen molar-refractivity contribution in [1.29, 1.82) is 0 Å². The third kappa shape index (κ3) is 4.17. The van der Waals surface area contributed by atoms with Gasteiger partial charge in [-0.15, -0.1) is 0 Å². The molecule has 1 heterocycles. The molecule has 0 aliphatic heterocycles. The molecule has 148 valence electrons. The van der Waals surface area contributed by atoms with Crippen molar-refractivity contribution in [3.63, 3.8) is 0 Å². The Kier molecular flexibility index (Phi) is 5.42. The molecule has 4 N–H and O–H groups in total. The molecular formula is C20H21F3N4O. The summed E-state index contributed by atoms with van der Waals surface area (Å²) >= 11 is 0. The molecule has 28 heavy (non-hydrogen) atoms. The van der Waals surface area contributed by atoms with Gasteiger partial charge >= 0.3 is 6.18 Å². The fraction of sp³-hybridized carbons (Fsp3) is 0.300. The number of nitrogens with one attached hydrogen (secondary N) is 2. The third-order valence-electron chi connectivity index (χ3n) is 4.73. The molecule has 0 aliphatic carbocycles. The molecule has 3 unspecified atom stereocenters. The first-order valence-electron chi connectivity index (χ1n) is 8.84. The van der Waals surface area contributed by atoms with E-state index in [0.29, 0.717) is 5.56 Å². The van der Waals surface area contributed by atoms with E-state index in [1.165, 1.54) is 6.07 Å². The molecule has 3 atom stereocenters. The Hall–Kier alpha value is -2.87. The predicted molar refractivity (Wildman–Crippen MR) is 100 cm³/mol. The van der Waals surface area contributed by atoms with E-state index in [4.69, 9.17) is 5.73 Å². The highest BCUT2D eigenvalue weighted by Gasteiger charge is 2.34. The summed E-state index contributed by atoms with van der Waals surface area (Å²) in [5, 5.41) is 2.96. The lowest BCUT2D eigenvalue weighted by Gasteiger charge is -2.23. The molecule has 1 amide bonds. The van der Waals surface area contributed by atoms with E-state index in [0.717, 1.165) is 5.56 Å². The van der Waals surface area contributed by atoms with Gasteiger partial charge < -0.3 is 16.0 Å². The number of carbonyl (C=O) groups is 1. The maximum Gasteiger partial charge on any atom is 0.449 e. The average molecular weight is 390 g/mol. The van der Waals surface area contributed by atoms with Crippen molar-refractivity contribution in [3.05, 3.63) is 65.5 Å². The summed E-state index contributed by atoms with van der Waals surface area (Å²) in [7, 11) is 0. The van der Waals surface area contributed by atoms with Gasteiger partial charge in [-0.2, -0.15) is 13.2 Å². The van der Waals surface area contributed by atoms with Crippen molar-refractivity contribution in [1.82, 2.24) is 15.3 Å². The van der Waals surface area contributed by atoms with Gasteiger partial charge in [0, 0.05) is 12.0 Å². The van der Waals surface area contributed by atoms with Crippen LogP contribution in [-0.2, 0) is 11.0 Å². The number of aromatic nitrogens is 2. The number of fused-ring (bicyclic) bond motifs is 1. The van der Waals surface area contributed by atoms with Crippen molar-refractivity contribution in [2.24, 2.45) is 11.7 Å². The van der Waals surface area contributed by atoms with E-state index in [9.17, 15) is 18.0 Å². The summed E-state index contributed by atoms with van der Waals surface area (Å²) in [6, 6.07) is 13.1. The Morgan fingerprint density at radius 3 is 2.39 bits per heavy atom. The van der Waals surface area contributed by atoms with Crippen LogP contribution in [0.25, 0.3) is 11.0 Å². The van der Waals surface area contributed by atoms with Gasteiger partial charge in [0.1, 0.15) is 0 Å². The van der Waals surface area contributed by atoms with E-state index >= 15 is 0 Å². The van der Waals surface area contributed by atoms with Gasteiger partial charge in [-0.25, -0.2) is 4.98 Å². The molecule has 0 saturated carbocycles. The molecule has 0 fully saturated rings. The van der Waals surface area contributed by atoms with Crippen molar-refractivity contribution in [2.45, 2.75) is 32.1 Å². The van der Waals surface area contributed by atoms with Gasteiger partial charge in [0.15, 0.2) is 0 Å². The number of hydrogen-bond donors (Lipinski definition) is 3. The monoisotopic (exact) mass is 390 g/mol. The summed E-state index contributed by atoms with van der Waals surface area (Å²) in [6.07, 6.45) is -4.56. The number of amides is 1. The van der Waals surface area contributed by atoms with Gasteiger partial charge in [0.2, 0.25) is 11.7 Å². The highest BCUT2D eigenvalue weighted by Crippen LogP contribution is 2.30. The minimum atomic E-state index is -4.56. The van der Waals surface area contributed by atoms with Crippen LogP contribution in [0.4, 0.5) is 13.2 Å². The van der Waals surface area contributed by atoms with Crippen LogP contribution >= 0.6 is 0 Å². The first-order valence-corrected chi connectivity index (χ1v) is 8.84. The van der Waals surface area contributed by atoms with Crippen LogP contribution < -0.4 is 11.1 Å². The van der Waals surface area contributed by atoms with E-state index in [1.54, 1.807) is 26.0 Å². The number of imidazole rings is 1. The summed E-state index contributed by atoms with van der Waals surface area (Å²) < 4.78 is 38.8. The van der Waals surface area contributed by atoms with Crippen LogP contribution in [0, 0.1) is 5.92 Å². The molecule has 0 spiro atoms. The van der Waals surface area contributed by atoms with E-state index in [1.807, 2.05) is 30.3 Å². The number of rotatable bonds is 5. The first-order chi connectivity index (χ1) is 13.2. The summed E-state index contributed by atoms with van der Waals surface area (Å²) in [6.45, 7) is 3.48. The Balaban J connectivity index is 2.01. The van der Waals surface area contributed by atoms with Crippen LogP contribution in [-0.4, -0.2) is 21.9 Å². The van der Waals surface area contributed by atoms with Gasteiger partial charge in [0.05, 0.1) is 17.1 Å². The number of carbonyl (C=O) groups excluding carboxylic acids is 1. The van der Waals surface area contributed by atoms with Crippen molar-refractivity contribution >= 4 is 16.9 Å². The number of benzene rings is 2. The van der Waals surface area contributed by atoms with E-state index < -0.39 is 24.0 Å². The number of nitrogens with two attached hydrogens (primary N) is 1. The van der Waals surface area contributed by atoms with Crippen LogP contribution in [0.3, 0.4) is 0 Å². The van der Waals surface area contributed by atoms with Crippen LogP contribution in [0.5, 0.6) is 0 Å². The van der Waals surface area contributed by atoms with Gasteiger partial charge in [-0.05, 0) is 30.2 Å². The van der Waals surface area contributed by atoms with Crippen LogP contribution in [0.2, 0.25) is 0 Å². The fourth-order valence-corrected chi connectivity index (χ4v) is 2.86. The predicted octanol–water partition coefficient (Wildman–Crippen LogP) is 3.77. The number of nitrogens with zero attached hydrogens (tertiary/aromatic N) is 1. The first kappa shape index (κ1) is 19.9. The molecule has 1 aromatic heterocycles. The molecule has 0 radical (unpaired) electrons. The number of aromatic amines is 1. The Morgan fingerprint density at radius 1 is 1.11 bits per heavy atom. The zero-order chi connectivity index (χ0) is 20.5. The summed E-state index contributed by atoms with van der Waals surface area (Å²) in [5.74, 6) is -1.70. The zero-order valence-electron chi connectivity index (χ0n) is 15.4. The standard InChI is InChI=1S/C20H21F3N4O/c1-11(12(2)24)18(28)27-17(13-6-4-3-5-7-13)14-8-9-15-16(10-14)26-19(25-15)20(21,22)23/h3-12,17H,24H2,1-2H3,(H,25,26)(H,27,28). The average Bonchev–Trinajstić information content (AvgIpc) is 3.09. The van der Waals surface area contributed by atoms with E-state index in [-0.39, 0.29) is 23.0 Å². The Labute approximate surface area is 160 Å². The lowest BCUT2D eigenvalue weighted by molar-refractivity contribution is -0.144. The van der Waals surface area contributed by atoms with Crippen molar-refractivity contribution in [2.75, 3.05) is 0 Å². The lowest BCUT2D eigenvalue weighted by atomic mass is 9.96. The molecule has 5 nitrogen and oxygen atoms in total. The third-order valence-corrected chi connectivity index (χ3v) is 4.73. The normalized spacial score (nSPS) is 15.2. The molecule has 3 aromatic rings. The second-order valence-electron chi connectivity index (χ2n) is 6.86. The molecule has 0 saturated heterocycles. The largest absolute Gasteiger partial charge is 0.449 e. The minimum Gasteiger partial charge on any atom is -0.345 e. The van der Waals surface area contributed by atoms with Gasteiger partial charge in [-0.3, -0.25) is 4.79 Å². The van der Waals surface area contributed by atoms with Crippen LogP contribution in [0.1, 0.15) is 36.8 Å². The highest BCUT2D eigenvalue weighted by atomic mass is 19.4. The van der Waals surface area contributed by atoms with Crippen molar-refractivity contribution < 1.29 is 18.0 Å². The second kappa shape index (κ2) is 7.63. The van der Waals surface area contributed by atoms with Gasteiger partial charge in [0.25, 0.3) is 0 Å². The van der Waals surface area contributed by atoms with Gasteiger partial charge in [-0.1, -0.05) is 43.3 Å². The highest BCUT2D eigenvalue weighted by molar-refractivity contribution is 5.81. The zero-order valence-corrected chi connectivity index (χ0v) is 15.4. The Bertz CT molecular complexity index is 966. The molecule has 0 bridgehead atoms.